The lowest BCUT2D eigenvalue weighted by Crippen LogP contribution is -2.51. The molecule has 0 spiro atoms. The Morgan fingerprint density at radius 2 is 2.05 bits per heavy atom. The van der Waals surface area contributed by atoms with E-state index in [0.717, 1.165) is 25.1 Å². The molecule has 0 amide bonds. The SMILES string of the molecule is CCC1CN(c2cc(C(F)(F)F)cc(Cl)n2)CCN1C. The number of pyridine rings is 1. The first-order valence-corrected chi connectivity index (χ1v) is 6.89. The predicted molar refractivity (Wildman–Crippen MR) is 73.2 cm³/mol. The lowest BCUT2D eigenvalue weighted by Gasteiger charge is -2.39. The van der Waals surface area contributed by atoms with Crippen molar-refractivity contribution < 1.29 is 13.2 Å². The molecule has 1 saturated heterocycles. The number of rotatable bonds is 2. The third-order valence-corrected chi connectivity index (χ3v) is 3.87. The fourth-order valence-electron chi connectivity index (χ4n) is 2.40. The van der Waals surface area contributed by atoms with E-state index in [-0.39, 0.29) is 5.15 Å². The topological polar surface area (TPSA) is 19.4 Å². The van der Waals surface area contributed by atoms with E-state index in [1.54, 1.807) is 0 Å². The maximum Gasteiger partial charge on any atom is 0.416 e. The van der Waals surface area contributed by atoms with E-state index in [4.69, 9.17) is 11.6 Å². The molecule has 0 radical (unpaired) electrons. The van der Waals surface area contributed by atoms with E-state index in [2.05, 4.69) is 16.8 Å². The molecule has 112 valence electrons. The Morgan fingerprint density at radius 3 is 2.65 bits per heavy atom. The number of hydrogen-bond acceptors (Lipinski definition) is 3. The summed E-state index contributed by atoms with van der Waals surface area (Å²) in [5.74, 6) is 0.302. The van der Waals surface area contributed by atoms with Gasteiger partial charge in [-0.3, -0.25) is 4.90 Å². The van der Waals surface area contributed by atoms with Crippen LogP contribution in [0.3, 0.4) is 0 Å². The molecule has 7 heteroatoms. The third-order valence-electron chi connectivity index (χ3n) is 3.68. The number of anilines is 1. The molecule has 2 heterocycles. The summed E-state index contributed by atoms with van der Waals surface area (Å²) in [6.07, 6.45) is -3.46. The van der Waals surface area contributed by atoms with Crippen LogP contribution in [0, 0.1) is 0 Å². The van der Waals surface area contributed by atoms with E-state index < -0.39 is 11.7 Å². The Morgan fingerprint density at radius 1 is 1.35 bits per heavy atom. The summed E-state index contributed by atoms with van der Waals surface area (Å²) >= 11 is 5.73. The number of aromatic nitrogens is 1. The Hall–Kier alpha value is -1.01. The molecule has 1 fully saturated rings. The predicted octanol–water partition coefficient (Wildman–Crippen LogP) is 3.28. The monoisotopic (exact) mass is 307 g/mol. The number of nitrogens with zero attached hydrogens (tertiary/aromatic N) is 3. The summed E-state index contributed by atoms with van der Waals surface area (Å²) in [7, 11) is 2.03. The highest BCUT2D eigenvalue weighted by atomic mass is 35.5. The van der Waals surface area contributed by atoms with Crippen LogP contribution in [-0.4, -0.2) is 42.6 Å². The van der Waals surface area contributed by atoms with Crippen LogP contribution in [0.4, 0.5) is 19.0 Å². The number of hydrogen-bond donors (Lipinski definition) is 0. The van der Waals surface area contributed by atoms with Crippen molar-refractivity contribution in [1.29, 1.82) is 0 Å². The third kappa shape index (κ3) is 3.35. The van der Waals surface area contributed by atoms with Crippen LogP contribution in [0.5, 0.6) is 0 Å². The highest BCUT2D eigenvalue weighted by Crippen LogP contribution is 2.33. The van der Waals surface area contributed by atoms with Crippen molar-refractivity contribution >= 4 is 17.4 Å². The second-order valence-corrected chi connectivity index (χ2v) is 5.41. The summed E-state index contributed by atoms with van der Waals surface area (Å²) < 4.78 is 38.4. The van der Waals surface area contributed by atoms with Gasteiger partial charge in [-0.1, -0.05) is 18.5 Å². The molecule has 1 aliphatic rings. The number of halogens is 4. The van der Waals surface area contributed by atoms with Gasteiger partial charge in [-0.05, 0) is 25.6 Å². The van der Waals surface area contributed by atoms with Gasteiger partial charge in [-0.25, -0.2) is 4.98 Å². The van der Waals surface area contributed by atoms with Crippen molar-refractivity contribution in [2.45, 2.75) is 25.6 Å². The van der Waals surface area contributed by atoms with Crippen LogP contribution in [0.2, 0.25) is 5.15 Å². The Labute approximate surface area is 121 Å². The van der Waals surface area contributed by atoms with Crippen molar-refractivity contribution in [3.8, 4) is 0 Å². The molecule has 1 aliphatic heterocycles. The highest BCUT2D eigenvalue weighted by Gasteiger charge is 2.33. The van der Waals surface area contributed by atoms with Gasteiger partial charge in [0.05, 0.1) is 5.56 Å². The molecule has 1 unspecified atom stereocenters. The summed E-state index contributed by atoms with van der Waals surface area (Å²) in [5, 5.41) is -0.123. The fraction of sp³-hybridized carbons (Fsp3) is 0.615. The molecule has 1 aromatic rings. The van der Waals surface area contributed by atoms with Gasteiger partial charge in [0.1, 0.15) is 11.0 Å². The van der Waals surface area contributed by atoms with Crippen LogP contribution in [0.25, 0.3) is 0 Å². The molecule has 20 heavy (non-hydrogen) atoms. The molecular formula is C13H17ClF3N3. The van der Waals surface area contributed by atoms with Gasteiger partial charge in [0.15, 0.2) is 0 Å². The molecule has 3 nitrogen and oxygen atoms in total. The molecule has 1 aromatic heterocycles. The summed E-state index contributed by atoms with van der Waals surface area (Å²) in [6.45, 7) is 4.18. The van der Waals surface area contributed by atoms with Crippen LogP contribution in [0.1, 0.15) is 18.9 Å². The van der Waals surface area contributed by atoms with Crippen molar-refractivity contribution in [1.82, 2.24) is 9.88 Å². The van der Waals surface area contributed by atoms with Crippen molar-refractivity contribution in [2.24, 2.45) is 0 Å². The van der Waals surface area contributed by atoms with Crippen molar-refractivity contribution in [3.05, 3.63) is 22.8 Å². The number of piperazine rings is 1. The molecule has 0 aliphatic carbocycles. The second-order valence-electron chi connectivity index (χ2n) is 5.02. The van der Waals surface area contributed by atoms with E-state index in [9.17, 15) is 13.2 Å². The average molecular weight is 308 g/mol. The van der Waals surface area contributed by atoms with Gasteiger partial charge in [-0.15, -0.1) is 0 Å². The molecule has 0 N–H and O–H groups in total. The quantitative estimate of drug-likeness (QED) is 0.782. The smallest absolute Gasteiger partial charge is 0.354 e. The Kier molecular flexibility index (Phi) is 4.44. The van der Waals surface area contributed by atoms with E-state index in [0.29, 0.717) is 24.9 Å². The largest absolute Gasteiger partial charge is 0.416 e. The van der Waals surface area contributed by atoms with Crippen LogP contribution in [-0.2, 0) is 6.18 Å². The van der Waals surface area contributed by atoms with Gasteiger partial charge >= 0.3 is 6.18 Å². The maximum absolute atomic E-state index is 12.8. The van der Waals surface area contributed by atoms with Crippen LogP contribution < -0.4 is 4.90 Å². The van der Waals surface area contributed by atoms with E-state index in [1.807, 2.05) is 11.9 Å². The van der Waals surface area contributed by atoms with Gasteiger partial charge in [-0.2, -0.15) is 13.2 Å². The highest BCUT2D eigenvalue weighted by molar-refractivity contribution is 6.29. The fourth-order valence-corrected chi connectivity index (χ4v) is 2.61. The zero-order chi connectivity index (χ0) is 14.9. The first kappa shape index (κ1) is 15.4. The standard InChI is InChI=1S/C13H17ClF3N3/c1-3-10-8-20(5-4-19(10)2)12-7-9(13(15,16)17)6-11(14)18-12/h6-7,10H,3-5,8H2,1-2H3. The normalized spacial score (nSPS) is 21.3. The molecule has 1 atom stereocenters. The van der Waals surface area contributed by atoms with Gasteiger partial charge < -0.3 is 4.90 Å². The lowest BCUT2D eigenvalue weighted by atomic mass is 10.1. The summed E-state index contributed by atoms with van der Waals surface area (Å²) in [4.78, 5) is 8.12. The van der Waals surface area contributed by atoms with Gasteiger partial charge in [0.25, 0.3) is 0 Å². The first-order chi connectivity index (χ1) is 9.31. The Balaban J connectivity index is 2.27. The van der Waals surface area contributed by atoms with Crippen LogP contribution >= 0.6 is 11.6 Å². The van der Waals surface area contributed by atoms with E-state index in [1.165, 1.54) is 0 Å². The molecule has 2 rings (SSSR count). The average Bonchev–Trinajstić information content (AvgIpc) is 2.37. The van der Waals surface area contributed by atoms with Crippen LogP contribution in [0.15, 0.2) is 12.1 Å². The van der Waals surface area contributed by atoms with Gasteiger partial charge in [0, 0.05) is 25.7 Å². The number of alkyl halides is 3. The Bertz CT molecular complexity index is 478. The maximum atomic E-state index is 12.8. The van der Waals surface area contributed by atoms with Crippen molar-refractivity contribution in [2.75, 3.05) is 31.6 Å². The van der Waals surface area contributed by atoms with Gasteiger partial charge in [0.2, 0.25) is 0 Å². The minimum Gasteiger partial charge on any atom is -0.354 e. The summed E-state index contributed by atoms with van der Waals surface area (Å²) in [6, 6.07) is 2.25. The minimum absolute atomic E-state index is 0.123. The van der Waals surface area contributed by atoms with Crippen molar-refractivity contribution in [3.63, 3.8) is 0 Å². The molecule has 0 aromatic carbocycles. The van der Waals surface area contributed by atoms with E-state index >= 15 is 0 Å². The molecule has 0 saturated carbocycles. The summed E-state index contributed by atoms with van der Waals surface area (Å²) in [5.41, 5.74) is -0.750. The molecule has 0 bridgehead atoms. The lowest BCUT2D eigenvalue weighted by molar-refractivity contribution is -0.137. The second kappa shape index (κ2) is 5.77. The zero-order valence-electron chi connectivity index (χ0n) is 11.4. The number of likely N-dealkylation sites (N-methyl/N-ethyl adjacent to an activating group) is 1. The first-order valence-electron chi connectivity index (χ1n) is 6.51. The zero-order valence-corrected chi connectivity index (χ0v) is 12.2. The minimum atomic E-state index is -4.40. The molecular weight excluding hydrogens is 291 g/mol.